The van der Waals surface area contributed by atoms with Crippen molar-refractivity contribution in [1.82, 2.24) is 19.4 Å². The number of imidazole rings is 1. The monoisotopic (exact) mass is 294 g/mol. The van der Waals surface area contributed by atoms with Crippen molar-refractivity contribution in [2.24, 2.45) is 0 Å². The van der Waals surface area contributed by atoms with Gasteiger partial charge >= 0.3 is 0 Å². The third-order valence-corrected chi connectivity index (χ3v) is 3.15. The van der Waals surface area contributed by atoms with E-state index >= 15 is 0 Å². The van der Waals surface area contributed by atoms with Gasteiger partial charge in [0.1, 0.15) is 23.1 Å². The molecule has 0 atom stereocenters. The zero-order chi connectivity index (χ0) is 15.5. The van der Waals surface area contributed by atoms with Gasteiger partial charge in [0.2, 0.25) is 0 Å². The van der Waals surface area contributed by atoms with Gasteiger partial charge in [0, 0.05) is 50.2 Å². The molecule has 112 valence electrons. The summed E-state index contributed by atoms with van der Waals surface area (Å²) in [6.07, 6.45) is 8.90. The van der Waals surface area contributed by atoms with E-state index in [0.717, 1.165) is 11.3 Å². The van der Waals surface area contributed by atoms with Crippen molar-refractivity contribution >= 4 is 23.0 Å². The van der Waals surface area contributed by atoms with Crippen molar-refractivity contribution in [2.45, 2.75) is 6.92 Å². The molecule has 6 heteroatoms. The maximum absolute atomic E-state index is 4.40. The van der Waals surface area contributed by atoms with Gasteiger partial charge in [-0.05, 0) is 13.0 Å². The summed E-state index contributed by atoms with van der Waals surface area (Å²) < 4.78 is 1.94. The summed E-state index contributed by atoms with van der Waals surface area (Å²) in [7, 11) is 0. The Morgan fingerprint density at radius 1 is 1.23 bits per heavy atom. The van der Waals surface area contributed by atoms with E-state index in [1.165, 1.54) is 0 Å². The van der Waals surface area contributed by atoms with Gasteiger partial charge in [-0.2, -0.15) is 0 Å². The molecule has 0 saturated carbocycles. The second kappa shape index (κ2) is 5.69. The van der Waals surface area contributed by atoms with Crippen LogP contribution >= 0.6 is 0 Å². The van der Waals surface area contributed by atoms with Gasteiger partial charge in [-0.15, -0.1) is 0 Å². The average Bonchev–Trinajstić information content (AvgIpc) is 2.95. The number of nitrogens with zero attached hydrogens (tertiary/aromatic N) is 5. The highest BCUT2D eigenvalue weighted by atomic mass is 15.2. The Kier molecular flexibility index (Phi) is 3.57. The number of hydrogen-bond donors (Lipinski definition) is 1. The average molecular weight is 294 g/mol. The van der Waals surface area contributed by atoms with Crippen LogP contribution < -0.4 is 10.2 Å². The highest BCUT2D eigenvalue weighted by molar-refractivity contribution is 5.64. The molecule has 6 nitrogen and oxygen atoms in total. The maximum Gasteiger partial charge on any atom is 0.142 e. The van der Waals surface area contributed by atoms with Crippen molar-refractivity contribution in [3.05, 3.63) is 68.2 Å². The highest BCUT2D eigenvalue weighted by Crippen LogP contribution is 2.20. The summed E-state index contributed by atoms with van der Waals surface area (Å²) in [5.74, 6) is 2.07. The van der Waals surface area contributed by atoms with Crippen LogP contribution in [0.15, 0.2) is 62.3 Å². The largest absolute Gasteiger partial charge is 0.340 e. The first-order valence-corrected chi connectivity index (χ1v) is 6.78. The fourth-order valence-electron chi connectivity index (χ4n) is 2.15. The predicted octanol–water partition coefficient (Wildman–Crippen LogP) is 3.52. The van der Waals surface area contributed by atoms with Crippen molar-refractivity contribution < 1.29 is 1.43 Å². The van der Waals surface area contributed by atoms with E-state index in [4.69, 9.17) is 0 Å². The number of pyridine rings is 1. The van der Waals surface area contributed by atoms with E-state index in [0.29, 0.717) is 17.5 Å². The lowest BCUT2D eigenvalue weighted by Crippen LogP contribution is -2.10. The summed E-state index contributed by atoms with van der Waals surface area (Å²) in [5.41, 5.74) is 1.78. The number of nitrogens with one attached hydrogen (secondary N) is 1. The van der Waals surface area contributed by atoms with E-state index in [9.17, 15) is 0 Å². The molecular weight excluding hydrogens is 276 g/mol. The predicted molar refractivity (Wildman–Crippen MR) is 90.2 cm³/mol. The summed E-state index contributed by atoms with van der Waals surface area (Å²) in [5, 5.41) is 3.27. The quantitative estimate of drug-likeness (QED) is 0.780. The smallest absolute Gasteiger partial charge is 0.142 e. The molecule has 0 radical (unpaired) electrons. The molecule has 0 aliphatic rings. The van der Waals surface area contributed by atoms with Crippen molar-refractivity contribution in [1.29, 1.82) is 0 Å². The van der Waals surface area contributed by atoms with Crippen LogP contribution in [-0.2, 0) is 0 Å². The second-order valence-electron chi connectivity index (χ2n) is 4.66. The first-order valence-electron chi connectivity index (χ1n) is 6.78. The fourth-order valence-corrected chi connectivity index (χ4v) is 2.15. The molecule has 0 saturated heterocycles. The first kappa shape index (κ1) is 13.8. The summed E-state index contributed by atoms with van der Waals surface area (Å²) in [6, 6.07) is 5.76. The zero-order valence-corrected chi connectivity index (χ0v) is 12.3. The Balaban J connectivity index is 0.00000192. The Bertz CT molecular complexity index is 833. The van der Waals surface area contributed by atoms with Crippen LogP contribution in [0.4, 0.5) is 17.3 Å². The molecule has 0 amide bonds. The Morgan fingerprint density at radius 2 is 2.05 bits per heavy atom. The van der Waals surface area contributed by atoms with Crippen LogP contribution in [-0.4, -0.2) is 19.4 Å². The summed E-state index contributed by atoms with van der Waals surface area (Å²) in [4.78, 5) is 14.8. The first-order chi connectivity index (χ1) is 10.7. The lowest BCUT2D eigenvalue weighted by molar-refractivity contribution is 1.03. The molecule has 0 aliphatic carbocycles. The van der Waals surface area contributed by atoms with Crippen LogP contribution in [0.1, 0.15) is 7.25 Å². The van der Waals surface area contributed by atoms with Gasteiger partial charge in [-0.1, -0.05) is 13.2 Å². The van der Waals surface area contributed by atoms with Crippen molar-refractivity contribution in [2.75, 3.05) is 10.2 Å². The van der Waals surface area contributed by atoms with E-state index < -0.39 is 0 Å². The number of fused-ring (bicyclic) bond motifs is 1. The lowest BCUT2D eigenvalue weighted by atomic mass is 10.3. The zero-order valence-electron chi connectivity index (χ0n) is 12.3. The Hall–Kier alpha value is -3.15. The standard InChI is InChI=1S/C16H16N6.H2/c1-4-21(5-2)16-11-14(18-12(3)19-16)20-13-6-8-22-9-7-17-15(22)10-13;/h4-11H,1-2H2,3H3,(H,18,19,20);1H. The van der Waals surface area contributed by atoms with Gasteiger partial charge in [-0.3, -0.25) is 0 Å². The number of rotatable bonds is 5. The van der Waals surface area contributed by atoms with Gasteiger partial charge in [0.25, 0.3) is 0 Å². The molecule has 0 bridgehead atoms. The molecule has 3 rings (SSSR count). The minimum atomic E-state index is 0. The molecule has 0 aromatic carbocycles. The molecule has 3 aromatic heterocycles. The van der Waals surface area contributed by atoms with Crippen molar-refractivity contribution in [3.8, 4) is 0 Å². The number of anilines is 3. The van der Waals surface area contributed by atoms with E-state index in [1.54, 1.807) is 23.5 Å². The van der Waals surface area contributed by atoms with Crippen LogP contribution in [0.25, 0.3) is 5.65 Å². The normalized spacial score (nSPS) is 10.4. The number of hydrogen-bond acceptors (Lipinski definition) is 5. The van der Waals surface area contributed by atoms with Crippen LogP contribution in [0.5, 0.6) is 0 Å². The minimum Gasteiger partial charge on any atom is -0.340 e. The maximum atomic E-state index is 4.40. The van der Waals surface area contributed by atoms with E-state index in [1.807, 2.05) is 41.9 Å². The molecule has 1 N–H and O–H groups in total. The van der Waals surface area contributed by atoms with Crippen molar-refractivity contribution in [3.63, 3.8) is 0 Å². The Labute approximate surface area is 130 Å². The SMILES string of the molecule is C=CN(C=C)c1cc(Nc2ccn3ccnc3c2)nc(C)n1.[HH]. The summed E-state index contributed by atoms with van der Waals surface area (Å²) in [6.45, 7) is 9.33. The molecule has 0 unspecified atom stereocenters. The van der Waals surface area contributed by atoms with Gasteiger partial charge < -0.3 is 14.6 Å². The molecule has 3 aromatic rings. The van der Waals surface area contributed by atoms with E-state index in [-0.39, 0.29) is 1.43 Å². The van der Waals surface area contributed by atoms with Gasteiger partial charge in [-0.25, -0.2) is 15.0 Å². The molecule has 0 aliphatic heterocycles. The third-order valence-electron chi connectivity index (χ3n) is 3.15. The van der Waals surface area contributed by atoms with Gasteiger partial charge in [0.15, 0.2) is 0 Å². The number of aromatic nitrogens is 4. The fraction of sp³-hybridized carbons (Fsp3) is 0.0625. The molecule has 3 heterocycles. The topological polar surface area (TPSA) is 58.4 Å². The highest BCUT2D eigenvalue weighted by Gasteiger charge is 2.06. The van der Waals surface area contributed by atoms with Crippen LogP contribution in [0.2, 0.25) is 0 Å². The molecule has 22 heavy (non-hydrogen) atoms. The molecular formula is C16H18N6. The van der Waals surface area contributed by atoms with Gasteiger partial charge in [0.05, 0.1) is 0 Å². The lowest BCUT2D eigenvalue weighted by Gasteiger charge is -2.15. The summed E-state index contributed by atoms with van der Waals surface area (Å²) >= 11 is 0. The second-order valence-corrected chi connectivity index (χ2v) is 4.66. The minimum absolute atomic E-state index is 0. The van der Waals surface area contributed by atoms with E-state index in [2.05, 4.69) is 33.4 Å². The molecule has 0 spiro atoms. The van der Waals surface area contributed by atoms with Crippen LogP contribution in [0.3, 0.4) is 0 Å². The molecule has 0 fully saturated rings. The Morgan fingerprint density at radius 3 is 2.82 bits per heavy atom. The third kappa shape index (κ3) is 2.67. The number of aryl methyl sites for hydroxylation is 1. The van der Waals surface area contributed by atoms with Crippen LogP contribution in [0, 0.1) is 6.92 Å².